The highest BCUT2D eigenvalue weighted by molar-refractivity contribution is 5.70. The first-order valence-electron chi connectivity index (χ1n) is 27.8. The molecule has 0 N–H and O–H groups in total. The molecule has 0 aliphatic heterocycles. The summed E-state index contributed by atoms with van der Waals surface area (Å²) in [4.78, 5) is 25.4. The minimum Gasteiger partial charge on any atom is -0.462 e. The number of unbranched alkanes of at least 4 members (excludes halogenated alkanes) is 30. The van der Waals surface area contributed by atoms with Crippen molar-refractivity contribution in [2.75, 3.05) is 19.8 Å². The molecule has 0 fully saturated rings. The van der Waals surface area contributed by atoms with Gasteiger partial charge < -0.3 is 14.2 Å². The van der Waals surface area contributed by atoms with Gasteiger partial charge in [0.25, 0.3) is 0 Å². The number of ether oxygens (including phenoxy) is 3. The van der Waals surface area contributed by atoms with E-state index in [0.717, 1.165) is 64.2 Å². The average Bonchev–Trinajstić information content (AvgIpc) is 3.30. The molecule has 0 rings (SSSR count). The third kappa shape index (κ3) is 52.2. The van der Waals surface area contributed by atoms with Crippen LogP contribution in [0.2, 0.25) is 0 Å². The van der Waals surface area contributed by atoms with Gasteiger partial charge in [0, 0.05) is 19.4 Å². The Morgan fingerprint density at radius 1 is 0.344 bits per heavy atom. The summed E-state index contributed by atoms with van der Waals surface area (Å²) in [5.41, 5.74) is 0. The van der Waals surface area contributed by atoms with Gasteiger partial charge in [-0.05, 0) is 103 Å². The molecule has 0 bridgehead atoms. The van der Waals surface area contributed by atoms with Gasteiger partial charge in [-0.1, -0.05) is 223 Å². The van der Waals surface area contributed by atoms with Crippen molar-refractivity contribution in [2.24, 2.45) is 0 Å². The molecule has 0 saturated heterocycles. The van der Waals surface area contributed by atoms with Crippen LogP contribution >= 0.6 is 0 Å². The first-order valence-corrected chi connectivity index (χ1v) is 27.8. The molecule has 5 heteroatoms. The van der Waals surface area contributed by atoms with Gasteiger partial charge in [0.15, 0.2) is 6.10 Å². The second kappa shape index (κ2) is 54.9. The van der Waals surface area contributed by atoms with E-state index in [-0.39, 0.29) is 25.2 Å². The van der Waals surface area contributed by atoms with Crippen LogP contribution in [0.4, 0.5) is 0 Å². The summed E-state index contributed by atoms with van der Waals surface area (Å²) in [6.45, 7) is 7.75. The number of allylic oxidation sites excluding steroid dienone is 10. The van der Waals surface area contributed by atoms with Crippen molar-refractivity contribution in [3.8, 4) is 0 Å². The molecular formula is C59H106O5. The Bertz CT molecular complexity index is 1100. The standard InChI is InChI=1S/C59H106O5/c1-4-7-10-13-16-19-22-24-26-28-29-30-32-34-36-39-42-45-48-51-54-62-55-57(64-59(61)53-50-47-44-41-37-21-18-15-12-9-6-3)56-63-58(60)52-49-46-43-40-38-35-33-31-27-25-23-20-17-14-11-8-5-2/h15-16,18-19,24-27,29-30,57H,4-14,17,20-23,28,31-56H2,1-3H3/b18-15-,19-16-,26-24-,27-25-,30-29-. The van der Waals surface area contributed by atoms with Gasteiger partial charge >= 0.3 is 11.9 Å². The molecule has 0 aliphatic rings. The van der Waals surface area contributed by atoms with E-state index in [0.29, 0.717) is 19.4 Å². The highest BCUT2D eigenvalue weighted by atomic mass is 16.6. The number of hydrogen-bond acceptors (Lipinski definition) is 5. The molecular weight excluding hydrogens is 789 g/mol. The summed E-state index contributed by atoms with van der Waals surface area (Å²) < 4.78 is 17.4. The molecule has 0 aromatic carbocycles. The van der Waals surface area contributed by atoms with Crippen LogP contribution in [-0.4, -0.2) is 37.9 Å². The van der Waals surface area contributed by atoms with Crippen LogP contribution in [-0.2, 0) is 23.8 Å². The molecule has 0 aliphatic carbocycles. The van der Waals surface area contributed by atoms with Crippen molar-refractivity contribution in [1.82, 2.24) is 0 Å². The minimum atomic E-state index is -0.548. The largest absolute Gasteiger partial charge is 0.462 e. The zero-order valence-corrected chi connectivity index (χ0v) is 42.8. The summed E-state index contributed by atoms with van der Waals surface area (Å²) in [6.07, 6.45) is 69.5. The quantitative estimate of drug-likeness (QED) is 0.0346. The Kier molecular flexibility index (Phi) is 52.9. The van der Waals surface area contributed by atoms with Gasteiger partial charge in [-0.25, -0.2) is 0 Å². The Hall–Kier alpha value is -2.40. The van der Waals surface area contributed by atoms with E-state index >= 15 is 0 Å². The van der Waals surface area contributed by atoms with E-state index in [4.69, 9.17) is 14.2 Å². The zero-order chi connectivity index (χ0) is 46.3. The average molecular weight is 895 g/mol. The maximum Gasteiger partial charge on any atom is 0.306 e. The maximum absolute atomic E-state index is 12.8. The highest BCUT2D eigenvalue weighted by Crippen LogP contribution is 2.14. The van der Waals surface area contributed by atoms with E-state index in [1.54, 1.807) is 0 Å². The summed E-state index contributed by atoms with van der Waals surface area (Å²) in [7, 11) is 0. The Labute approximate surface area is 398 Å². The van der Waals surface area contributed by atoms with Crippen LogP contribution in [0.15, 0.2) is 60.8 Å². The summed E-state index contributed by atoms with van der Waals surface area (Å²) in [5.74, 6) is -0.411. The van der Waals surface area contributed by atoms with Crippen molar-refractivity contribution in [3.05, 3.63) is 60.8 Å². The van der Waals surface area contributed by atoms with E-state index in [1.165, 1.54) is 180 Å². The van der Waals surface area contributed by atoms with Crippen LogP contribution in [0.5, 0.6) is 0 Å². The number of carbonyl (C=O) groups excluding carboxylic acids is 2. The van der Waals surface area contributed by atoms with Gasteiger partial charge in [-0.15, -0.1) is 0 Å². The Balaban J connectivity index is 4.23. The summed E-state index contributed by atoms with van der Waals surface area (Å²) in [6, 6.07) is 0. The fourth-order valence-electron chi connectivity index (χ4n) is 7.79. The normalized spacial score (nSPS) is 12.6. The SMILES string of the molecule is CCCC/C=C\CCCCCCCC(=O)OC(COCCCCCCCCC/C=C\C/C=C\C/C=C\CCCCC)COC(=O)CCCCCCCCC/C=C\CCCCCCCC. The first kappa shape index (κ1) is 61.6. The third-order valence-corrected chi connectivity index (χ3v) is 12.0. The van der Waals surface area contributed by atoms with E-state index in [9.17, 15) is 9.59 Å². The number of carbonyl (C=O) groups is 2. The lowest BCUT2D eigenvalue weighted by atomic mass is 10.1. The third-order valence-electron chi connectivity index (χ3n) is 12.0. The van der Waals surface area contributed by atoms with Crippen molar-refractivity contribution in [2.45, 2.75) is 284 Å². The van der Waals surface area contributed by atoms with Gasteiger partial charge in [0.1, 0.15) is 6.61 Å². The minimum absolute atomic E-state index is 0.0759. The van der Waals surface area contributed by atoms with Crippen LogP contribution in [0.1, 0.15) is 278 Å². The first-order chi connectivity index (χ1) is 31.6. The molecule has 0 aromatic heterocycles. The smallest absolute Gasteiger partial charge is 0.306 e. The van der Waals surface area contributed by atoms with E-state index in [1.807, 2.05) is 0 Å². The molecule has 5 nitrogen and oxygen atoms in total. The molecule has 372 valence electrons. The van der Waals surface area contributed by atoms with Crippen LogP contribution in [0.25, 0.3) is 0 Å². The number of esters is 2. The molecule has 1 atom stereocenters. The lowest BCUT2D eigenvalue weighted by molar-refractivity contribution is -0.163. The molecule has 64 heavy (non-hydrogen) atoms. The van der Waals surface area contributed by atoms with E-state index in [2.05, 4.69) is 81.5 Å². The lowest BCUT2D eigenvalue weighted by Crippen LogP contribution is -2.30. The Morgan fingerprint density at radius 2 is 0.672 bits per heavy atom. The van der Waals surface area contributed by atoms with Crippen molar-refractivity contribution >= 4 is 11.9 Å². The monoisotopic (exact) mass is 895 g/mol. The predicted octanol–water partition coefficient (Wildman–Crippen LogP) is 18.9. The van der Waals surface area contributed by atoms with Crippen LogP contribution in [0.3, 0.4) is 0 Å². The van der Waals surface area contributed by atoms with E-state index < -0.39 is 6.10 Å². The topological polar surface area (TPSA) is 61.8 Å². The second-order valence-electron chi connectivity index (χ2n) is 18.5. The van der Waals surface area contributed by atoms with Crippen LogP contribution < -0.4 is 0 Å². The van der Waals surface area contributed by atoms with Gasteiger partial charge in [-0.3, -0.25) is 9.59 Å². The maximum atomic E-state index is 12.8. The fourth-order valence-corrected chi connectivity index (χ4v) is 7.79. The molecule has 0 saturated carbocycles. The van der Waals surface area contributed by atoms with Crippen LogP contribution in [0, 0.1) is 0 Å². The van der Waals surface area contributed by atoms with Crippen molar-refractivity contribution < 1.29 is 23.8 Å². The van der Waals surface area contributed by atoms with Gasteiger partial charge in [0.2, 0.25) is 0 Å². The number of rotatable bonds is 51. The fraction of sp³-hybridized carbons (Fsp3) is 0.797. The highest BCUT2D eigenvalue weighted by Gasteiger charge is 2.17. The molecule has 1 unspecified atom stereocenters. The Morgan fingerprint density at radius 3 is 1.14 bits per heavy atom. The van der Waals surface area contributed by atoms with Crippen molar-refractivity contribution in [3.63, 3.8) is 0 Å². The molecule has 0 amide bonds. The molecule has 0 heterocycles. The van der Waals surface area contributed by atoms with Gasteiger partial charge in [0.05, 0.1) is 6.61 Å². The molecule has 0 spiro atoms. The predicted molar refractivity (Wildman–Crippen MR) is 279 cm³/mol. The summed E-state index contributed by atoms with van der Waals surface area (Å²) in [5, 5.41) is 0. The zero-order valence-electron chi connectivity index (χ0n) is 42.8. The van der Waals surface area contributed by atoms with Gasteiger partial charge in [-0.2, -0.15) is 0 Å². The van der Waals surface area contributed by atoms with Crippen molar-refractivity contribution in [1.29, 1.82) is 0 Å². The molecule has 0 radical (unpaired) electrons. The number of hydrogen-bond donors (Lipinski definition) is 0. The lowest BCUT2D eigenvalue weighted by Gasteiger charge is -2.18. The second-order valence-corrected chi connectivity index (χ2v) is 18.5. The summed E-state index contributed by atoms with van der Waals surface area (Å²) >= 11 is 0. The molecule has 0 aromatic rings.